The predicted molar refractivity (Wildman–Crippen MR) is 85.6 cm³/mol. The topological polar surface area (TPSA) is 59.8 Å². The van der Waals surface area contributed by atoms with Gasteiger partial charge in [0.05, 0.1) is 0 Å². The number of anilines is 1. The van der Waals surface area contributed by atoms with Gasteiger partial charge in [0.2, 0.25) is 5.13 Å². The third kappa shape index (κ3) is 2.65. The van der Waals surface area contributed by atoms with Crippen molar-refractivity contribution < 1.29 is 4.79 Å². The summed E-state index contributed by atoms with van der Waals surface area (Å²) in [6.07, 6.45) is 6.26. The monoisotopic (exact) mass is 310 g/mol. The second kappa shape index (κ2) is 5.38. The second-order valence-electron chi connectivity index (χ2n) is 5.31. The van der Waals surface area contributed by atoms with Crippen LogP contribution in [0.1, 0.15) is 34.1 Å². The van der Waals surface area contributed by atoms with Gasteiger partial charge < -0.3 is 4.57 Å². The minimum atomic E-state index is -0.160. The highest BCUT2D eigenvalue weighted by Gasteiger charge is 2.27. The van der Waals surface area contributed by atoms with Crippen LogP contribution in [0.25, 0.3) is 5.69 Å². The van der Waals surface area contributed by atoms with Crippen LogP contribution >= 0.6 is 11.3 Å². The van der Waals surface area contributed by atoms with Crippen molar-refractivity contribution in [2.24, 2.45) is 0 Å². The van der Waals surface area contributed by atoms with Gasteiger partial charge in [-0.3, -0.25) is 10.1 Å². The highest BCUT2D eigenvalue weighted by atomic mass is 32.1. The SMILES string of the molecule is O=C(Nc1nnc(C2CC2)s1)c1cccc(-n2cccc2)c1. The molecule has 1 saturated carbocycles. The van der Waals surface area contributed by atoms with Gasteiger partial charge in [-0.1, -0.05) is 17.4 Å². The molecule has 110 valence electrons. The second-order valence-corrected chi connectivity index (χ2v) is 6.32. The van der Waals surface area contributed by atoms with Gasteiger partial charge in [0.15, 0.2) is 0 Å². The number of carbonyl (C=O) groups excluding carboxylic acids is 1. The van der Waals surface area contributed by atoms with Gasteiger partial charge in [0.1, 0.15) is 5.01 Å². The number of hydrogen-bond acceptors (Lipinski definition) is 4. The van der Waals surface area contributed by atoms with Crippen LogP contribution in [0.3, 0.4) is 0 Å². The molecule has 1 fully saturated rings. The Kier molecular flexibility index (Phi) is 3.23. The zero-order chi connectivity index (χ0) is 14.9. The molecule has 0 unspecified atom stereocenters. The number of aromatic nitrogens is 3. The standard InChI is InChI=1S/C16H14N4OS/c21-14(17-16-19-18-15(22-16)11-6-7-11)12-4-3-5-13(10-12)20-8-1-2-9-20/h1-5,8-11H,6-7H2,(H,17,19,21). The molecule has 0 bridgehead atoms. The summed E-state index contributed by atoms with van der Waals surface area (Å²) in [4.78, 5) is 12.3. The molecule has 1 aromatic carbocycles. The Labute approximate surface area is 131 Å². The van der Waals surface area contributed by atoms with Crippen LogP contribution in [0.5, 0.6) is 0 Å². The van der Waals surface area contributed by atoms with Crippen molar-refractivity contribution in [3.05, 3.63) is 59.4 Å². The van der Waals surface area contributed by atoms with E-state index in [0.29, 0.717) is 16.6 Å². The van der Waals surface area contributed by atoms with Gasteiger partial charge in [0, 0.05) is 29.6 Å². The normalized spacial score (nSPS) is 14.0. The first kappa shape index (κ1) is 13.2. The van der Waals surface area contributed by atoms with Crippen LogP contribution in [0.4, 0.5) is 5.13 Å². The lowest BCUT2D eigenvalue weighted by Crippen LogP contribution is -2.12. The Morgan fingerprint density at radius 2 is 2.00 bits per heavy atom. The molecule has 1 amide bonds. The largest absolute Gasteiger partial charge is 0.324 e. The Balaban J connectivity index is 1.53. The van der Waals surface area contributed by atoms with Crippen LogP contribution in [-0.2, 0) is 0 Å². The third-order valence-electron chi connectivity index (χ3n) is 3.60. The van der Waals surface area contributed by atoms with Gasteiger partial charge in [-0.05, 0) is 43.2 Å². The number of carbonyl (C=O) groups is 1. The Morgan fingerprint density at radius 1 is 1.18 bits per heavy atom. The van der Waals surface area contributed by atoms with Gasteiger partial charge in [-0.25, -0.2) is 0 Å². The fourth-order valence-electron chi connectivity index (χ4n) is 2.26. The lowest BCUT2D eigenvalue weighted by atomic mass is 10.2. The summed E-state index contributed by atoms with van der Waals surface area (Å²) in [6, 6.07) is 11.4. The maximum atomic E-state index is 12.3. The zero-order valence-electron chi connectivity index (χ0n) is 11.8. The molecule has 1 aliphatic carbocycles. The van der Waals surface area contributed by atoms with Crippen molar-refractivity contribution in [3.8, 4) is 5.69 Å². The molecule has 22 heavy (non-hydrogen) atoms. The van der Waals surface area contributed by atoms with E-state index in [4.69, 9.17) is 0 Å². The molecule has 0 spiro atoms. The molecule has 5 nitrogen and oxygen atoms in total. The van der Waals surface area contributed by atoms with E-state index < -0.39 is 0 Å². The zero-order valence-corrected chi connectivity index (χ0v) is 12.6. The molecule has 0 saturated heterocycles. The molecular weight excluding hydrogens is 296 g/mol. The number of hydrogen-bond donors (Lipinski definition) is 1. The first-order valence-corrected chi connectivity index (χ1v) is 7.99. The summed E-state index contributed by atoms with van der Waals surface area (Å²) in [7, 11) is 0. The van der Waals surface area contributed by atoms with Gasteiger partial charge in [-0.2, -0.15) is 0 Å². The highest BCUT2D eigenvalue weighted by Crippen LogP contribution is 2.42. The first-order valence-electron chi connectivity index (χ1n) is 7.18. The third-order valence-corrected chi connectivity index (χ3v) is 4.60. The number of rotatable bonds is 4. The number of amides is 1. The smallest absolute Gasteiger partial charge is 0.257 e. The Bertz CT molecular complexity index is 805. The van der Waals surface area contributed by atoms with Crippen LogP contribution in [0.15, 0.2) is 48.8 Å². The number of nitrogens with zero attached hydrogens (tertiary/aromatic N) is 3. The lowest BCUT2D eigenvalue weighted by Gasteiger charge is -2.06. The summed E-state index contributed by atoms with van der Waals surface area (Å²) in [5.41, 5.74) is 1.56. The maximum absolute atomic E-state index is 12.3. The average Bonchev–Trinajstić information content (AvgIpc) is 3.06. The highest BCUT2D eigenvalue weighted by molar-refractivity contribution is 7.15. The van der Waals surface area contributed by atoms with E-state index in [1.54, 1.807) is 6.07 Å². The summed E-state index contributed by atoms with van der Waals surface area (Å²) < 4.78 is 1.97. The van der Waals surface area contributed by atoms with Gasteiger partial charge in [-0.15, -0.1) is 10.2 Å². The van der Waals surface area contributed by atoms with E-state index in [-0.39, 0.29) is 5.91 Å². The fourth-order valence-corrected chi connectivity index (χ4v) is 3.17. The van der Waals surface area contributed by atoms with E-state index in [0.717, 1.165) is 10.7 Å². The van der Waals surface area contributed by atoms with Crippen molar-refractivity contribution in [2.75, 3.05) is 5.32 Å². The number of nitrogens with one attached hydrogen (secondary N) is 1. The van der Waals surface area contributed by atoms with Crippen molar-refractivity contribution in [3.63, 3.8) is 0 Å². The van der Waals surface area contributed by atoms with E-state index in [1.165, 1.54) is 24.2 Å². The van der Waals surface area contributed by atoms with Gasteiger partial charge >= 0.3 is 0 Å². The molecule has 3 aromatic rings. The van der Waals surface area contributed by atoms with Crippen LogP contribution in [-0.4, -0.2) is 20.7 Å². The van der Waals surface area contributed by atoms with Gasteiger partial charge in [0.25, 0.3) is 5.91 Å². The molecular formula is C16H14N4OS. The average molecular weight is 310 g/mol. The molecule has 4 rings (SSSR count). The van der Waals surface area contributed by atoms with Crippen LogP contribution in [0.2, 0.25) is 0 Å². The summed E-state index contributed by atoms with van der Waals surface area (Å²) in [5.74, 6) is 0.396. The molecule has 1 aliphatic rings. The maximum Gasteiger partial charge on any atom is 0.257 e. The summed E-state index contributed by atoms with van der Waals surface area (Å²) >= 11 is 1.47. The van der Waals surface area contributed by atoms with Crippen molar-refractivity contribution in [1.29, 1.82) is 0 Å². The minimum Gasteiger partial charge on any atom is -0.324 e. The minimum absolute atomic E-state index is 0.160. The van der Waals surface area contributed by atoms with E-state index in [9.17, 15) is 4.79 Å². The summed E-state index contributed by atoms with van der Waals surface area (Å²) in [5, 5.41) is 12.6. The van der Waals surface area contributed by atoms with Crippen molar-refractivity contribution >= 4 is 22.4 Å². The molecule has 2 aromatic heterocycles. The molecule has 0 radical (unpaired) electrons. The molecule has 6 heteroatoms. The van der Waals surface area contributed by atoms with E-state index in [1.807, 2.05) is 47.3 Å². The van der Waals surface area contributed by atoms with Crippen molar-refractivity contribution in [2.45, 2.75) is 18.8 Å². The van der Waals surface area contributed by atoms with Crippen molar-refractivity contribution in [1.82, 2.24) is 14.8 Å². The molecule has 1 N–H and O–H groups in total. The molecule has 2 heterocycles. The predicted octanol–water partition coefficient (Wildman–Crippen LogP) is 3.46. The Morgan fingerprint density at radius 3 is 2.77 bits per heavy atom. The molecule has 0 atom stereocenters. The molecule has 0 aliphatic heterocycles. The fraction of sp³-hybridized carbons (Fsp3) is 0.188. The van der Waals surface area contributed by atoms with E-state index in [2.05, 4.69) is 15.5 Å². The van der Waals surface area contributed by atoms with E-state index >= 15 is 0 Å². The lowest BCUT2D eigenvalue weighted by molar-refractivity contribution is 0.102. The van der Waals surface area contributed by atoms with Crippen LogP contribution < -0.4 is 5.32 Å². The number of benzene rings is 1. The first-order chi connectivity index (χ1) is 10.8. The Hall–Kier alpha value is -2.47. The summed E-state index contributed by atoms with van der Waals surface area (Å²) in [6.45, 7) is 0. The quantitative estimate of drug-likeness (QED) is 0.803. The van der Waals surface area contributed by atoms with Crippen LogP contribution in [0, 0.1) is 0 Å².